The Morgan fingerprint density at radius 3 is 2.56 bits per heavy atom. The van der Waals surface area contributed by atoms with Gasteiger partial charge in [-0.1, -0.05) is 75.6 Å². The van der Waals surface area contributed by atoms with Crippen LogP contribution in [0.5, 0.6) is 5.75 Å². The zero-order chi connectivity index (χ0) is 22.5. The summed E-state index contributed by atoms with van der Waals surface area (Å²) in [7, 11) is 0. The second kappa shape index (κ2) is 10.1. The van der Waals surface area contributed by atoms with Gasteiger partial charge in [0.25, 0.3) is 5.91 Å². The molecule has 3 aromatic rings. The van der Waals surface area contributed by atoms with E-state index < -0.39 is 0 Å². The molecule has 0 fully saturated rings. The Hall–Kier alpha value is -3.01. The van der Waals surface area contributed by atoms with Crippen molar-refractivity contribution in [3.63, 3.8) is 0 Å². The predicted octanol–water partition coefficient (Wildman–Crippen LogP) is 7.16. The maximum atomic E-state index is 13.6. The van der Waals surface area contributed by atoms with Crippen molar-refractivity contribution >= 4 is 22.4 Å². The Labute approximate surface area is 191 Å². The van der Waals surface area contributed by atoms with Gasteiger partial charge in [-0.05, 0) is 48.7 Å². The molecule has 0 spiro atoms. The highest BCUT2D eigenvalue weighted by Crippen LogP contribution is 2.41. The molecular formula is C28H34N2O2. The van der Waals surface area contributed by atoms with Crippen LogP contribution in [0.3, 0.4) is 0 Å². The molecule has 0 saturated heterocycles. The van der Waals surface area contributed by atoms with E-state index in [1.807, 2.05) is 29.2 Å². The van der Waals surface area contributed by atoms with Crippen LogP contribution in [0.25, 0.3) is 10.8 Å². The highest BCUT2D eigenvalue weighted by Gasteiger charge is 2.37. The summed E-state index contributed by atoms with van der Waals surface area (Å²) in [6.07, 6.45) is 5.23. The fourth-order valence-corrected chi connectivity index (χ4v) is 4.53. The number of anilines is 1. The molecule has 0 radical (unpaired) electrons. The number of hydrogen-bond donors (Lipinski definition) is 1. The summed E-state index contributed by atoms with van der Waals surface area (Å²) in [5.41, 5.74) is 2.65. The van der Waals surface area contributed by atoms with Crippen molar-refractivity contribution < 1.29 is 9.53 Å². The summed E-state index contributed by atoms with van der Waals surface area (Å²) < 4.78 is 6.35. The third-order valence-electron chi connectivity index (χ3n) is 6.49. The van der Waals surface area contributed by atoms with Crippen molar-refractivity contribution in [1.82, 2.24) is 4.90 Å². The number of para-hydroxylation sites is 1. The van der Waals surface area contributed by atoms with Crippen molar-refractivity contribution in [3.8, 4) is 5.75 Å². The van der Waals surface area contributed by atoms with Gasteiger partial charge < -0.3 is 15.0 Å². The number of carbonyl (C=O) groups is 1. The Morgan fingerprint density at radius 2 is 1.75 bits per heavy atom. The smallest absolute Gasteiger partial charge is 0.258 e. The van der Waals surface area contributed by atoms with Crippen LogP contribution in [-0.4, -0.2) is 23.5 Å². The van der Waals surface area contributed by atoms with Gasteiger partial charge in [-0.15, -0.1) is 0 Å². The summed E-state index contributed by atoms with van der Waals surface area (Å²) in [5.74, 6) is 0.929. The summed E-state index contributed by atoms with van der Waals surface area (Å²) in [5, 5.41) is 5.95. The van der Waals surface area contributed by atoms with E-state index in [-0.39, 0.29) is 18.1 Å². The van der Waals surface area contributed by atoms with E-state index >= 15 is 0 Å². The van der Waals surface area contributed by atoms with Gasteiger partial charge in [0.15, 0.2) is 0 Å². The number of amides is 1. The van der Waals surface area contributed by atoms with Gasteiger partial charge in [-0.25, -0.2) is 0 Å². The number of rotatable bonds is 9. The largest absolute Gasteiger partial charge is 0.493 e. The SMILES string of the molecule is CCCCCCOc1ccc2ccccc2c1C1Nc2ccccc2C(=O)N1C(C)CC. The van der Waals surface area contributed by atoms with E-state index in [1.165, 1.54) is 19.3 Å². The average Bonchev–Trinajstić information content (AvgIpc) is 2.83. The minimum absolute atomic E-state index is 0.0699. The molecule has 4 heteroatoms. The Bertz CT molecular complexity index is 1080. The molecule has 1 aliphatic rings. The molecule has 1 N–H and O–H groups in total. The summed E-state index contributed by atoms with van der Waals surface area (Å²) >= 11 is 0. The lowest BCUT2D eigenvalue weighted by Gasteiger charge is -2.42. The number of carbonyl (C=O) groups excluding carboxylic acids is 1. The molecular weight excluding hydrogens is 396 g/mol. The Balaban J connectivity index is 1.80. The number of hydrogen-bond acceptors (Lipinski definition) is 3. The first kappa shape index (κ1) is 22.2. The molecule has 32 heavy (non-hydrogen) atoms. The highest BCUT2D eigenvalue weighted by molar-refractivity contribution is 6.02. The number of nitrogens with one attached hydrogen (secondary N) is 1. The van der Waals surface area contributed by atoms with Crippen molar-refractivity contribution in [1.29, 1.82) is 0 Å². The van der Waals surface area contributed by atoms with Gasteiger partial charge in [0.2, 0.25) is 0 Å². The Morgan fingerprint density at radius 1 is 0.969 bits per heavy atom. The molecule has 0 bridgehead atoms. The van der Waals surface area contributed by atoms with Crippen LogP contribution >= 0.6 is 0 Å². The van der Waals surface area contributed by atoms with Crippen LogP contribution in [0.1, 0.15) is 75.0 Å². The van der Waals surface area contributed by atoms with Crippen LogP contribution in [-0.2, 0) is 0 Å². The van der Waals surface area contributed by atoms with E-state index in [2.05, 4.69) is 62.5 Å². The number of unbranched alkanes of at least 4 members (excludes halogenated alkanes) is 3. The van der Waals surface area contributed by atoms with Gasteiger partial charge in [0, 0.05) is 17.3 Å². The number of fused-ring (bicyclic) bond motifs is 2. The van der Waals surface area contributed by atoms with Crippen molar-refractivity contribution in [3.05, 3.63) is 71.8 Å². The Kier molecular flexibility index (Phi) is 6.99. The van der Waals surface area contributed by atoms with E-state index in [0.29, 0.717) is 6.61 Å². The first-order valence-electron chi connectivity index (χ1n) is 12.0. The molecule has 1 heterocycles. The summed E-state index contributed by atoms with van der Waals surface area (Å²) in [6.45, 7) is 7.15. The second-order valence-electron chi connectivity index (χ2n) is 8.67. The van der Waals surface area contributed by atoms with Crippen molar-refractivity contribution in [2.24, 2.45) is 0 Å². The quantitative estimate of drug-likeness (QED) is 0.366. The molecule has 2 unspecified atom stereocenters. The number of nitrogens with zero attached hydrogens (tertiary/aromatic N) is 1. The van der Waals surface area contributed by atoms with E-state index in [9.17, 15) is 4.79 Å². The molecule has 2 atom stereocenters. The van der Waals surface area contributed by atoms with Crippen LogP contribution < -0.4 is 10.1 Å². The molecule has 4 rings (SSSR count). The molecule has 1 amide bonds. The van der Waals surface area contributed by atoms with E-state index in [1.54, 1.807) is 0 Å². The second-order valence-corrected chi connectivity index (χ2v) is 8.67. The van der Waals surface area contributed by atoms with Gasteiger partial charge in [0.1, 0.15) is 11.9 Å². The molecule has 0 saturated carbocycles. The average molecular weight is 431 g/mol. The monoisotopic (exact) mass is 430 g/mol. The lowest BCUT2D eigenvalue weighted by atomic mass is 9.96. The minimum atomic E-state index is -0.288. The topological polar surface area (TPSA) is 41.6 Å². The molecule has 4 nitrogen and oxygen atoms in total. The molecule has 0 aromatic heterocycles. The first-order valence-corrected chi connectivity index (χ1v) is 12.0. The maximum absolute atomic E-state index is 13.6. The number of benzene rings is 3. The van der Waals surface area contributed by atoms with Crippen LogP contribution in [0.4, 0.5) is 5.69 Å². The van der Waals surface area contributed by atoms with Gasteiger partial charge in [0.05, 0.1) is 12.2 Å². The van der Waals surface area contributed by atoms with Crippen LogP contribution in [0, 0.1) is 0 Å². The van der Waals surface area contributed by atoms with Crippen molar-refractivity contribution in [2.75, 3.05) is 11.9 Å². The van der Waals surface area contributed by atoms with Gasteiger partial charge in [-0.3, -0.25) is 4.79 Å². The van der Waals surface area contributed by atoms with E-state index in [4.69, 9.17) is 4.74 Å². The fraction of sp³-hybridized carbons (Fsp3) is 0.393. The zero-order valence-electron chi connectivity index (χ0n) is 19.4. The molecule has 168 valence electrons. The van der Waals surface area contributed by atoms with Crippen molar-refractivity contribution in [2.45, 2.75) is 65.1 Å². The molecule has 0 aliphatic carbocycles. The zero-order valence-corrected chi connectivity index (χ0v) is 19.4. The summed E-state index contributed by atoms with van der Waals surface area (Å²) in [4.78, 5) is 15.6. The normalized spacial score (nSPS) is 16.5. The number of ether oxygens (including phenoxy) is 1. The predicted molar refractivity (Wildman–Crippen MR) is 132 cm³/mol. The van der Waals surface area contributed by atoms with Gasteiger partial charge in [-0.2, -0.15) is 0 Å². The van der Waals surface area contributed by atoms with E-state index in [0.717, 1.165) is 46.2 Å². The fourth-order valence-electron chi connectivity index (χ4n) is 4.53. The highest BCUT2D eigenvalue weighted by atomic mass is 16.5. The standard InChI is InChI=1S/C28H34N2O2/c1-4-6-7-12-19-32-25-18-17-21-13-8-9-14-22(21)26(25)27-29-24-16-11-10-15-23(24)28(31)30(27)20(3)5-2/h8-11,13-18,20,27,29H,4-7,12,19H2,1-3H3. The first-order chi connectivity index (χ1) is 15.7. The summed E-state index contributed by atoms with van der Waals surface area (Å²) in [6, 6.07) is 20.4. The van der Waals surface area contributed by atoms with Crippen LogP contribution in [0.15, 0.2) is 60.7 Å². The van der Waals surface area contributed by atoms with Gasteiger partial charge >= 0.3 is 0 Å². The lowest BCUT2D eigenvalue weighted by Crippen LogP contribution is -2.47. The molecule has 1 aliphatic heterocycles. The third-order valence-corrected chi connectivity index (χ3v) is 6.49. The lowest BCUT2D eigenvalue weighted by molar-refractivity contribution is 0.0592. The maximum Gasteiger partial charge on any atom is 0.258 e. The minimum Gasteiger partial charge on any atom is -0.493 e. The van der Waals surface area contributed by atoms with Crippen LogP contribution in [0.2, 0.25) is 0 Å². The molecule has 3 aromatic carbocycles. The third kappa shape index (κ3) is 4.32.